The molecule has 0 bridgehead atoms. The molecule has 0 radical (unpaired) electrons. The zero-order valence-electron chi connectivity index (χ0n) is 11.9. The quantitative estimate of drug-likeness (QED) is 0.900. The Balaban J connectivity index is 2.24. The number of amides is 2. The molecule has 1 aromatic heterocycles. The number of aryl methyl sites for hydroxylation is 1. The van der Waals surface area contributed by atoms with Crippen LogP contribution in [0.4, 0.5) is 11.4 Å². The number of rotatable bonds is 4. The zero-order valence-corrected chi connectivity index (χ0v) is 11.9. The highest BCUT2D eigenvalue weighted by Crippen LogP contribution is 2.28. The molecule has 0 fully saturated rings. The highest BCUT2D eigenvalue weighted by atomic mass is 16.5. The molecule has 2 aromatic rings. The average molecular weight is 289 g/mol. The molecule has 2 N–H and O–H groups in total. The molecule has 0 saturated carbocycles. The monoisotopic (exact) mass is 289 g/mol. The van der Waals surface area contributed by atoms with Crippen molar-refractivity contribution in [3.05, 3.63) is 35.7 Å². The highest BCUT2D eigenvalue weighted by Gasteiger charge is 2.14. The molecule has 0 unspecified atom stereocenters. The van der Waals surface area contributed by atoms with Gasteiger partial charge in [-0.25, -0.2) is 0 Å². The molecule has 7 nitrogen and oxygen atoms in total. The molecule has 7 heteroatoms. The number of benzene rings is 1. The van der Waals surface area contributed by atoms with Gasteiger partial charge < -0.3 is 19.9 Å². The lowest BCUT2D eigenvalue weighted by atomic mass is 10.2. The van der Waals surface area contributed by atoms with Crippen LogP contribution in [0.1, 0.15) is 23.2 Å². The number of ether oxygens (including phenoxy) is 1. The Hall–Kier alpha value is -2.83. The molecule has 2 amide bonds. The molecule has 1 heterocycles. The van der Waals surface area contributed by atoms with E-state index < -0.39 is 5.91 Å². The fourth-order valence-electron chi connectivity index (χ4n) is 1.74. The third kappa shape index (κ3) is 3.59. The van der Waals surface area contributed by atoms with Gasteiger partial charge in [-0.05, 0) is 25.1 Å². The first-order valence-electron chi connectivity index (χ1n) is 6.20. The lowest BCUT2D eigenvalue weighted by Crippen LogP contribution is -2.13. The van der Waals surface area contributed by atoms with Crippen molar-refractivity contribution in [2.45, 2.75) is 13.8 Å². The van der Waals surface area contributed by atoms with E-state index in [2.05, 4.69) is 15.8 Å². The van der Waals surface area contributed by atoms with E-state index >= 15 is 0 Å². The van der Waals surface area contributed by atoms with Crippen LogP contribution < -0.4 is 15.4 Å². The first-order valence-corrected chi connectivity index (χ1v) is 6.20. The average Bonchev–Trinajstić information content (AvgIpc) is 2.85. The minimum absolute atomic E-state index is 0.0967. The largest absolute Gasteiger partial charge is 0.495 e. The first-order chi connectivity index (χ1) is 9.99. The normalized spacial score (nSPS) is 10.0. The van der Waals surface area contributed by atoms with Crippen molar-refractivity contribution in [3.63, 3.8) is 0 Å². The molecular formula is C14H15N3O4. The van der Waals surface area contributed by atoms with E-state index in [1.165, 1.54) is 20.1 Å². The van der Waals surface area contributed by atoms with Crippen LogP contribution in [0.25, 0.3) is 0 Å². The van der Waals surface area contributed by atoms with Gasteiger partial charge >= 0.3 is 0 Å². The van der Waals surface area contributed by atoms with Gasteiger partial charge in [0.15, 0.2) is 0 Å². The van der Waals surface area contributed by atoms with Gasteiger partial charge in [-0.1, -0.05) is 5.16 Å². The maximum atomic E-state index is 12.0. The number of carbonyl (C=O) groups is 2. The molecule has 2 rings (SSSR count). The number of carbonyl (C=O) groups excluding carboxylic acids is 2. The minimum atomic E-state index is -0.450. The molecule has 0 saturated heterocycles. The summed E-state index contributed by atoms with van der Waals surface area (Å²) in [5.41, 5.74) is 1.58. The van der Waals surface area contributed by atoms with Gasteiger partial charge in [-0.3, -0.25) is 9.59 Å². The number of hydrogen-bond donors (Lipinski definition) is 2. The Morgan fingerprint density at radius 1 is 1.24 bits per heavy atom. The second-order valence-electron chi connectivity index (χ2n) is 4.38. The molecule has 21 heavy (non-hydrogen) atoms. The summed E-state index contributed by atoms with van der Waals surface area (Å²) in [5, 5.41) is 8.94. The Bertz CT molecular complexity index is 679. The topological polar surface area (TPSA) is 93.5 Å². The van der Waals surface area contributed by atoms with Crippen molar-refractivity contribution < 1.29 is 18.8 Å². The van der Waals surface area contributed by atoms with Crippen molar-refractivity contribution in [2.75, 3.05) is 17.7 Å². The van der Waals surface area contributed by atoms with Crippen molar-refractivity contribution in [2.24, 2.45) is 0 Å². The third-order valence-corrected chi connectivity index (χ3v) is 2.62. The van der Waals surface area contributed by atoms with Gasteiger partial charge in [-0.15, -0.1) is 0 Å². The number of nitrogens with zero attached hydrogens (tertiary/aromatic N) is 1. The van der Waals surface area contributed by atoms with Crippen molar-refractivity contribution >= 4 is 23.2 Å². The smallest absolute Gasteiger partial charge is 0.294 e. The van der Waals surface area contributed by atoms with E-state index in [9.17, 15) is 9.59 Å². The molecule has 0 spiro atoms. The van der Waals surface area contributed by atoms with Crippen LogP contribution in [0.3, 0.4) is 0 Å². The Kier molecular flexibility index (Phi) is 4.22. The molecule has 1 aromatic carbocycles. The number of nitrogens with one attached hydrogen (secondary N) is 2. The standard InChI is InChI=1S/C14H15N3O4/c1-8-6-13(21-17-8)14(19)16-11-7-10(15-9(2)18)4-5-12(11)20-3/h4-7H,1-3H3,(H,15,18)(H,16,19). The van der Waals surface area contributed by atoms with Gasteiger partial charge in [0.05, 0.1) is 18.5 Å². The predicted octanol–water partition coefficient (Wildman–Crippen LogP) is 2.20. The van der Waals surface area contributed by atoms with Crippen molar-refractivity contribution in [3.8, 4) is 5.75 Å². The molecule has 0 atom stereocenters. The second-order valence-corrected chi connectivity index (χ2v) is 4.38. The van der Waals surface area contributed by atoms with E-state index in [4.69, 9.17) is 9.26 Å². The lowest BCUT2D eigenvalue weighted by molar-refractivity contribution is -0.114. The van der Waals surface area contributed by atoms with Crippen LogP contribution in [-0.2, 0) is 4.79 Å². The van der Waals surface area contributed by atoms with E-state index in [0.29, 0.717) is 22.8 Å². The van der Waals surface area contributed by atoms with E-state index in [1.807, 2.05) is 0 Å². The Labute approximate surface area is 121 Å². The summed E-state index contributed by atoms with van der Waals surface area (Å²) in [6, 6.07) is 6.45. The van der Waals surface area contributed by atoms with Gasteiger partial charge in [-0.2, -0.15) is 0 Å². The summed E-state index contributed by atoms with van der Waals surface area (Å²) in [5.74, 6) is -0.0923. The van der Waals surface area contributed by atoms with Crippen LogP contribution in [0.15, 0.2) is 28.8 Å². The maximum absolute atomic E-state index is 12.0. The number of anilines is 2. The summed E-state index contributed by atoms with van der Waals surface area (Å²) in [7, 11) is 1.49. The molecule has 0 aliphatic heterocycles. The number of methoxy groups -OCH3 is 1. The Morgan fingerprint density at radius 3 is 2.57 bits per heavy atom. The Morgan fingerprint density at radius 2 is 2.00 bits per heavy atom. The third-order valence-electron chi connectivity index (χ3n) is 2.62. The zero-order chi connectivity index (χ0) is 15.4. The van der Waals surface area contributed by atoms with Crippen molar-refractivity contribution in [1.29, 1.82) is 0 Å². The summed E-state index contributed by atoms with van der Waals surface area (Å²) >= 11 is 0. The number of aromatic nitrogens is 1. The SMILES string of the molecule is COc1ccc(NC(C)=O)cc1NC(=O)c1cc(C)no1. The van der Waals surface area contributed by atoms with Crippen LogP contribution >= 0.6 is 0 Å². The maximum Gasteiger partial charge on any atom is 0.294 e. The molecule has 0 aliphatic rings. The van der Waals surface area contributed by atoms with Gasteiger partial charge in [0.1, 0.15) is 5.75 Å². The highest BCUT2D eigenvalue weighted by molar-refractivity contribution is 6.03. The fourth-order valence-corrected chi connectivity index (χ4v) is 1.74. The van der Waals surface area contributed by atoms with Gasteiger partial charge in [0.2, 0.25) is 11.7 Å². The van der Waals surface area contributed by atoms with Crippen LogP contribution in [0.2, 0.25) is 0 Å². The summed E-state index contributed by atoms with van der Waals surface area (Å²) in [4.78, 5) is 23.1. The molecule has 110 valence electrons. The predicted molar refractivity (Wildman–Crippen MR) is 76.5 cm³/mol. The summed E-state index contributed by atoms with van der Waals surface area (Å²) in [6.07, 6.45) is 0. The summed E-state index contributed by atoms with van der Waals surface area (Å²) < 4.78 is 10.1. The number of hydrogen-bond acceptors (Lipinski definition) is 5. The molecular weight excluding hydrogens is 274 g/mol. The van der Waals surface area contributed by atoms with E-state index in [1.54, 1.807) is 25.1 Å². The summed E-state index contributed by atoms with van der Waals surface area (Å²) in [6.45, 7) is 3.12. The fraction of sp³-hybridized carbons (Fsp3) is 0.214. The van der Waals surface area contributed by atoms with Gasteiger partial charge in [0, 0.05) is 18.7 Å². The van der Waals surface area contributed by atoms with Crippen LogP contribution in [-0.4, -0.2) is 24.1 Å². The minimum Gasteiger partial charge on any atom is -0.495 e. The van der Waals surface area contributed by atoms with Crippen LogP contribution in [0, 0.1) is 6.92 Å². The first kappa shape index (κ1) is 14.6. The van der Waals surface area contributed by atoms with E-state index in [-0.39, 0.29) is 11.7 Å². The lowest BCUT2D eigenvalue weighted by Gasteiger charge is -2.11. The second kappa shape index (κ2) is 6.08. The van der Waals surface area contributed by atoms with Crippen LogP contribution in [0.5, 0.6) is 5.75 Å². The van der Waals surface area contributed by atoms with E-state index in [0.717, 1.165) is 0 Å². The molecule has 0 aliphatic carbocycles. The van der Waals surface area contributed by atoms with Crippen molar-refractivity contribution in [1.82, 2.24) is 5.16 Å². The van der Waals surface area contributed by atoms with Gasteiger partial charge in [0.25, 0.3) is 5.91 Å².